The molecule has 33 heavy (non-hydrogen) atoms. The van der Waals surface area contributed by atoms with E-state index >= 15 is 0 Å². The van der Waals surface area contributed by atoms with E-state index in [0.29, 0.717) is 0 Å². The summed E-state index contributed by atoms with van der Waals surface area (Å²) < 4.78 is 39.7. The fraction of sp³-hybridized carbons (Fsp3) is 0.0556. The molecule has 0 saturated heterocycles. The third-order valence-electron chi connectivity index (χ3n) is 4.13. The maximum absolute atomic E-state index is 13.2. The number of halogens is 3. The Bertz CT molecular complexity index is 1220. The molecule has 0 unspecified atom stereocenters. The third-order valence-corrected chi connectivity index (χ3v) is 4.13. The SMILES string of the molecule is O=C(NNc1ncnc(Nc2ccccc2C(F)(F)F)c1[N+](=O)[O-])c1ccc([N+](=O)[O-])cc1. The highest BCUT2D eigenvalue weighted by Crippen LogP contribution is 2.38. The molecule has 0 fully saturated rings. The fourth-order valence-corrected chi connectivity index (χ4v) is 2.62. The van der Waals surface area contributed by atoms with Crippen molar-refractivity contribution < 1.29 is 27.8 Å². The monoisotopic (exact) mass is 463 g/mol. The first kappa shape index (κ1) is 22.9. The number of aromatic nitrogens is 2. The number of amides is 1. The van der Waals surface area contributed by atoms with Crippen molar-refractivity contribution in [2.45, 2.75) is 6.18 Å². The van der Waals surface area contributed by atoms with Crippen molar-refractivity contribution in [3.8, 4) is 0 Å². The maximum atomic E-state index is 13.2. The number of nitro groups is 2. The van der Waals surface area contributed by atoms with Gasteiger partial charge in [-0.25, -0.2) is 9.97 Å². The summed E-state index contributed by atoms with van der Waals surface area (Å²) in [7, 11) is 0. The molecule has 3 aromatic rings. The van der Waals surface area contributed by atoms with Gasteiger partial charge in [0.1, 0.15) is 6.33 Å². The maximum Gasteiger partial charge on any atom is 0.418 e. The molecule has 15 heteroatoms. The number of anilines is 3. The standard InChI is InChI=1S/C18H12F3N7O5/c19-18(20,21)12-3-1-2-4-13(12)24-15-14(28(32)33)16(23-9-22-15)25-26-17(29)10-5-7-11(8-6-10)27(30)31/h1-9H,(H,26,29)(H2,22,23,24,25). The molecule has 0 aliphatic heterocycles. The van der Waals surface area contributed by atoms with Crippen molar-refractivity contribution in [2.24, 2.45) is 0 Å². The van der Waals surface area contributed by atoms with E-state index in [4.69, 9.17) is 0 Å². The number of hydrogen-bond acceptors (Lipinski definition) is 9. The number of non-ortho nitro benzene ring substituents is 1. The number of carbonyl (C=O) groups is 1. The third kappa shape index (κ3) is 5.27. The fourth-order valence-electron chi connectivity index (χ4n) is 2.62. The molecule has 2 aromatic carbocycles. The van der Waals surface area contributed by atoms with Gasteiger partial charge in [-0.2, -0.15) is 13.2 Å². The number of rotatable bonds is 7. The zero-order valence-corrected chi connectivity index (χ0v) is 16.2. The van der Waals surface area contributed by atoms with Crippen LogP contribution in [0, 0.1) is 20.2 Å². The van der Waals surface area contributed by atoms with Crippen LogP contribution in [-0.2, 0) is 6.18 Å². The van der Waals surface area contributed by atoms with Gasteiger partial charge in [-0.15, -0.1) is 0 Å². The molecule has 3 rings (SSSR count). The van der Waals surface area contributed by atoms with E-state index in [0.717, 1.165) is 48.8 Å². The average molecular weight is 463 g/mol. The number of para-hydroxylation sites is 1. The summed E-state index contributed by atoms with van der Waals surface area (Å²) in [6.45, 7) is 0. The van der Waals surface area contributed by atoms with Crippen LogP contribution in [0.5, 0.6) is 0 Å². The predicted octanol–water partition coefficient (Wildman–Crippen LogP) is 3.81. The molecule has 0 bridgehead atoms. The Labute approximate surface area is 181 Å². The molecule has 0 radical (unpaired) electrons. The van der Waals surface area contributed by atoms with Gasteiger partial charge in [0.25, 0.3) is 11.6 Å². The van der Waals surface area contributed by atoms with Gasteiger partial charge in [0.15, 0.2) is 0 Å². The van der Waals surface area contributed by atoms with Crippen LogP contribution < -0.4 is 16.2 Å². The van der Waals surface area contributed by atoms with Gasteiger partial charge in [-0.3, -0.25) is 35.9 Å². The second kappa shape index (κ2) is 9.13. The molecule has 3 N–H and O–H groups in total. The van der Waals surface area contributed by atoms with Crippen LogP contribution in [0.3, 0.4) is 0 Å². The van der Waals surface area contributed by atoms with Crippen LogP contribution in [0.1, 0.15) is 15.9 Å². The van der Waals surface area contributed by atoms with E-state index in [9.17, 15) is 38.2 Å². The van der Waals surface area contributed by atoms with E-state index in [1.54, 1.807) is 0 Å². The molecule has 1 heterocycles. The van der Waals surface area contributed by atoms with Crippen molar-refractivity contribution >= 4 is 34.6 Å². The number of carbonyl (C=O) groups excluding carboxylic acids is 1. The zero-order chi connectivity index (χ0) is 24.2. The van der Waals surface area contributed by atoms with E-state index in [-0.39, 0.29) is 11.3 Å². The highest BCUT2D eigenvalue weighted by molar-refractivity contribution is 5.95. The molecule has 0 aliphatic carbocycles. The number of benzene rings is 2. The zero-order valence-electron chi connectivity index (χ0n) is 16.2. The van der Waals surface area contributed by atoms with Gasteiger partial charge >= 0.3 is 11.9 Å². The minimum absolute atomic E-state index is 0.0118. The Kier molecular flexibility index (Phi) is 6.32. The Morgan fingerprint density at radius 3 is 2.15 bits per heavy atom. The number of nitrogens with one attached hydrogen (secondary N) is 3. The summed E-state index contributed by atoms with van der Waals surface area (Å²) in [5, 5.41) is 24.5. The average Bonchev–Trinajstić information content (AvgIpc) is 2.77. The number of alkyl halides is 3. The van der Waals surface area contributed by atoms with Gasteiger partial charge in [-0.1, -0.05) is 12.1 Å². The number of hydrazine groups is 1. The first-order valence-corrected chi connectivity index (χ1v) is 8.81. The molecular formula is C18H12F3N7O5. The largest absolute Gasteiger partial charge is 0.418 e. The highest BCUT2D eigenvalue weighted by Gasteiger charge is 2.34. The molecule has 1 amide bonds. The lowest BCUT2D eigenvalue weighted by atomic mass is 10.1. The number of nitrogens with zero attached hydrogens (tertiary/aromatic N) is 4. The van der Waals surface area contributed by atoms with E-state index < -0.39 is 50.5 Å². The van der Waals surface area contributed by atoms with Crippen molar-refractivity contribution in [1.82, 2.24) is 15.4 Å². The summed E-state index contributed by atoms with van der Waals surface area (Å²) in [6, 6.07) is 8.80. The summed E-state index contributed by atoms with van der Waals surface area (Å²) in [4.78, 5) is 40.2. The molecule has 0 aliphatic rings. The van der Waals surface area contributed by atoms with Crippen LogP contribution in [-0.4, -0.2) is 25.7 Å². The van der Waals surface area contributed by atoms with Crippen LogP contribution >= 0.6 is 0 Å². The molecule has 12 nitrogen and oxygen atoms in total. The summed E-state index contributed by atoms with van der Waals surface area (Å²) in [5.74, 6) is -1.88. The smallest absolute Gasteiger partial charge is 0.334 e. The van der Waals surface area contributed by atoms with Crippen LogP contribution in [0.15, 0.2) is 54.9 Å². The minimum atomic E-state index is -4.73. The van der Waals surface area contributed by atoms with Crippen molar-refractivity contribution in [1.29, 1.82) is 0 Å². The lowest BCUT2D eigenvalue weighted by molar-refractivity contribution is -0.384. The van der Waals surface area contributed by atoms with Gasteiger partial charge in [0.05, 0.1) is 21.1 Å². The molecule has 0 spiro atoms. The number of hydrogen-bond donors (Lipinski definition) is 3. The van der Waals surface area contributed by atoms with E-state index in [1.165, 1.54) is 6.07 Å². The van der Waals surface area contributed by atoms with Crippen molar-refractivity contribution in [3.05, 3.63) is 86.2 Å². The molecule has 0 saturated carbocycles. The van der Waals surface area contributed by atoms with Crippen molar-refractivity contribution in [3.63, 3.8) is 0 Å². The molecule has 1 aromatic heterocycles. The first-order valence-electron chi connectivity index (χ1n) is 8.81. The van der Waals surface area contributed by atoms with Crippen molar-refractivity contribution in [2.75, 3.05) is 10.7 Å². The van der Waals surface area contributed by atoms with E-state index in [1.807, 2.05) is 0 Å². The second-order valence-electron chi connectivity index (χ2n) is 6.23. The summed E-state index contributed by atoms with van der Waals surface area (Å²) in [6.07, 6.45) is -3.89. The predicted molar refractivity (Wildman–Crippen MR) is 108 cm³/mol. The lowest BCUT2D eigenvalue weighted by Crippen LogP contribution is -2.30. The van der Waals surface area contributed by atoms with Crippen LogP contribution in [0.25, 0.3) is 0 Å². The second-order valence-corrected chi connectivity index (χ2v) is 6.23. The Morgan fingerprint density at radius 2 is 1.55 bits per heavy atom. The van der Waals surface area contributed by atoms with Gasteiger partial charge in [0.2, 0.25) is 11.6 Å². The topological polar surface area (TPSA) is 165 Å². The Balaban J connectivity index is 1.85. The van der Waals surface area contributed by atoms with Gasteiger partial charge in [0, 0.05) is 17.7 Å². The Morgan fingerprint density at radius 1 is 0.909 bits per heavy atom. The van der Waals surface area contributed by atoms with E-state index in [2.05, 4.69) is 26.1 Å². The molecular weight excluding hydrogens is 451 g/mol. The molecule has 0 atom stereocenters. The Hall–Kier alpha value is -4.82. The van der Waals surface area contributed by atoms with Crippen LogP contribution in [0.2, 0.25) is 0 Å². The summed E-state index contributed by atoms with van der Waals surface area (Å²) >= 11 is 0. The first-order chi connectivity index (χ1) is 15.6. The quantitative estimate of drug-likeness (QED) is 0.349. The normalized spacial score (nSPS) is 10.9. The summed E-state index contributed by atoms with van der Waals surface area (Å²) in [5.41, 5.74) is 1.69. The number of nitro benzene ring substituents is 1. The molecule has 170 valence electrons. The minimum Gasteiger partial charge on any atom is -0.334 e. The van der Waals surface area contributed by atoms with Gasteiger partial charge < -0.3 is 5.32 Å². The lowest BCUT2D eigenvalue weighted by Gasteiger charge is -2.14. The van der Waals surface area contributed by atoms with Gasteiger partial charge in [-0.05, 0) is 24.3 Å². The highest BCUT2D eigenvalue weighted by atomic mass is 19.4. The van der Waals surface area contributed by atoms with Crippen LogP contribution in [0.4, 0.5) is 41.9 Å².